The summed E-state index contributed by atoms with van der Waals surface area (Å²) in [5, 5.41) is 10.8. The number of β-amino-alcohol motifs (C(OH)–C–C–N with tert-alkyl or cyclic N) is 1. The standard InChI is InChI=1S/C20H23FN2O3/c1-15-5-2-7-17(22-15)12-19(24)23-10-4-9-20(25,13-23)14-26-18-8-3-6-16(21)11-18/h2-3,5-8,11,25H,4,9-10,12-14H2,1H3/t20-/m0/s1. The van der Waals surface area contributed by atoms with Gasteiger partial charge >= 0.3 is 0 Å². The van der Waals surface area contributed by atoms with Crippen molar-refractivity contribution in [1.29, 1.82) is 0 Å². The molecule has 138 valence electrons. The maximum Gasteiger partial charge on any atom is 0.228 e. The van der Waals surface area contributed by atoms with Crippen LogP contribution in [0.25, 0.3) is 0 Å². The number of pyridine rings is 1. The summed E-state index contributed by atoms with van der Waals surface area (Å²) in [6.07, 6.45) is 1.44. The Hall–Kier alpha value is -2.47. The first-order chi connectivity index (χ1) is 12.4. The minimum Gasteiger partial charge on any atom is -0.490 e. The van der Waals surface area contributed by atoms with Gasteiger partial charge < -0.3 is 14.7 Å². The van der Waals surface area contributed by atoms with Crippen LogP contribution in [0.4, 0.5) is 4.39 Å². The molecular formula is C20H23FN2O3. The fourth-order valence-corrected chi connectivity index (χ4v) is 3.18. The molecule has 0 spiro atoms. The van der Waals surface area contributed by atoms with Gasteiger partial charge in [-0.3, -0.25) is 9.78 Å². The van der Waals surface area contributed by atoms with Gasteiger partial charge in [0.2, 0.25) is 5.91 Å². The van der Waals surface area contributed by atoms with Gasteiger partial charge in [-0.25, -0.2) is 4.39 Å². The van der Waals surface area contributed by atoms with Gasteiger partial charge in [0.1, 0.15) is 23.8 Å². The molecule has 1 fully saturated rings. The van der Waals surface area contributed by atoms with Gasteiger partial charge in [0.25, 0.3) is 0 Å². The van der Waals surface area contributed by atoms with E-state index < -0.39 is 5.60 Å². The van der Waals surface area contributed by atoms with Crippen molar-refractivity contribution in [3.05, 3.63) is 59.7 Å². The van der Waals surface area contributed by atoms with Gasteiger partial charge in [0, 0.05) is 24.0 Å². The number of rotatable bonds is 5. The number of piperidine rings is 1. The summed E-state index contributed by atoms with van der Waals surface area (Å²) in [6.45, 7) is 2.71. The highest BCUT2D eigenvalue weighted by atomic mass is 19.1. The Labute approximate surface area is 152 Å². The minimum atomic E-state index is -1.14. The molecule has 0 radical (unpaired) electrons. The van der Waals surface area contributed by atoms with E-state index in [1.807, 2.05) is 25.1 Å². The lowest BCUT2D eigenvalue weighted by Gasteiger charge is -2.39. The summed E-state index contributed by atoms with van der Waals surface area (Å²) in [7, 11) is 0. The van der Waals surface area contributed by atoms with Crippen molar-refractivity contribution in [1.82, 2.24) is 9.88 Å². The zero-order valence-electron chi connectivity index (χ0n) is 14.8. The molecule has 0 saturated carbocycles. The highest BCUT2D eigenvalue weighted by Gasteiger charge is 2.36. The molecule has 2 heterocycles. The van der Waals surface area contributed by atoms with E-state index in [-0.39, 0.29) is 31.3 Å². The topological polar surface area (TPSA) is 62.7 Å². The fourth-order valence-electron chi connectivity index (χ4n) is 3.18. The normalized spacial score (nSPS) is 20.0. The fraction of sp³-hybridized carbons (Fsp3) is 0.400. The third kappa shape index (κ3) is 4.79. The third-order valence-electron chi connectivity index (χ3n) is 4.49. The summed E-state index contributed by atoms with van der Waals surface area (Å²) < 4.78 is 18.8. The second-order valence-electron chi connectivity index (χ2n) is 6.84. The van der Waals surface area contributed by atoms with E-state index >= 15 is 0 Å². The summed E-state index contributed by atoms with van der Waals surface area (Å²) in [5.41, 5.74) is 0.453. The smallest absolute Gasteiger partial charge is 0.228 e. The van der Waals surface area contributed by atoms with Crippen LogP contribution in [0, 0.1) is 12.7 Å². The molecule has 0 unspecified atom stereocenters. The van der Waals surface area contributed by atoms with Crippen molar-refractivity contribution < 1.29 is 19.0 Å². The third-order valence-corrected chi connectivity index (χ3v) is 4.49. The predicted molar refractivity (Wildman–Crippen MR) is 95.3 cm³/mol. The van der Waals surface area contributed by atoms with Crippen molar-refractivity contribution >= 4 is 5.91 Å². The number of hydrogen-bond donors (Lipinski definition) is 1. The van der Waals surface area contributed by atoms with Crippen molar-refractivity contribution in [2.45, 2.75) is 31.8 Å². The molecule has 1 aromatic heterocycles. The number of nitrogens with zero attached hydrogens (tertiary/aromatic N) is 2. The minimum absolute atomic E-state index is 0.0168. The van der Waals surface area contributed by atoms with Gasteiger partial charge in [-0.2, -0.15) is 0 Å². The average Bonchev–Trinajstić information content (AvgIpc) is 2.60. The Balaban J connectivity index is 1.59. The van der Waals surface area contributed by atoms with Crippen molar-refractivity contribution in [3.8, 4) is 5.75 Å². The van der Waals surface area contributed by atoms with E-state index in [2.05, 4.69) is 4.98 Å². The van der Waals surface area contributed by atoms with Crippen LogP contribution < -0.4 is 4.74 Å². The van der Waals surface area contributed by atoms with Gasteiger partial charge in [-0.1, -0.05) is 12.1 Å². The van der Waals surface area contributed by atoms with Crippen molar-refractivity contribution in [2.75, 3.05) is 19.7 Å². The summed E-state index contributed by atoms with van der Waals surface area (Å²) in [4.78, 5) is 18.6. The van der Waals surface area contributed by atoms with E-state index in [1.165, 1.54) is 12.1 Å². The summed E-state index contributed by atoms with van der Waals surface area (Å²) >= 11 is 0. The number of halogens is 1. The first-order valence-corrected chi connectivity index (χ1v) is 8.75. The molecular weight excluding hydrogens is 335 g/mol. The van der Waals surface area contributed by atoms with Gasteiger partial charge in [0.05, 0.1) is 13.0 Å². The summed E-state index contributed by atoms with van der Waals surface area (Å²) in [6, 6.07) is 11.4. The van der Waals surface area contributed by atoms with Crippen LogP contribution in [0.5, 0.6) is 5.75 Å². The number of aliphatic hydroxyl groups is 1. The first-order valence-electron chi connectivity index (χ1n) is 8.75. The first kappa shape index (κ1) is 18.3. The lowest BCUT2D eigenvalue weighted by Crippen LogP contribution is -2.53. The SMILES string of the molecule is Cc1cccc(CC(=O)N2CCC[C@@](O)(COc3cccc(F)c3)C2)n1. The maximum absolute atomic E-state index is 13.2. The summed E-state index contributed by atoms with van der Waals surface area (Å²) in [5.74, 6) is -0.0848. The Morgan fingerprint density at radius 1 is 1.35 bits per heavy atom. The van der Waals surface area contributed by atoms with Crippen LogP contribution in [-0.4, -0.2) is 46.2 Å². The average molecular weight is 358 g/mol. The zero-order valence-corrected chi connectivity index (χ0v) is 14.8. The number of aryl methyl sites for hydroxylation is 1. The Morgan fingerprint density at radius 3 is 2.92 bits per heavy atom. The molecule has 1 aliphatic rings. The molecule has 0 aliphatic carbocycles. The largest absolute Gasteiger partial charge is 0.490 e. The molecule has 3 rings (SSSR count). The lowest BCUT2D eigenvalue weighted by molar-refractivity contribution is -0.139. The van der Waals surface area contributed by atoms with Crippen LogP contribution >= 0.6 is 0 Å². The van der Waals surface area contributed by atoms with E-state index in [0.29, 0.717) is 25.1 Å². The second-order valence-corrected chi connectivity index (χ2v) is 6.84. The molecule has 1 N–H and O–H groups in total. The number of ether oxygens (including phenoxy) is 1. The molecule has 1 atom stereocenters. The van der Waals surface area contributed by atoms with Crippen LogP contribution in [0.1, 0.15) is 24.2 Å². The molecule has 26 heavy (non-hydrogen) atoms. The molecule has 1 aliphatic heterocycles. The number of aromatic nitrogens is 1. The van der Waals surface area contributed by atoms with Crippen molar-refractivity contribution in [2.24, 2.45) is 0 Å². The molecule has 2 aromatic rings. The van der Waals surface area contributed by atoms with Crippen LogP contribution in [0.3, 0.4) is 0 Å². The van der Waals surface area contributed by atoms with Crippen LogP contribution in [0.15, 0.2) is 42.5 Å². The molecule has 1 saturated heterocycles. The van der Waals surface area contributed by atoms with Crippen molar-refractivity contribution in [3.63, 3.8) is 0 Å². The van der Waals surface area contributed by atoms with Gasteiger partial charge in [-0.15, -0.1) is 0 Å². The Kier molecular flexibility index (Phi) is 5.52. The lowest BCUT2D eigenvalue weighted by atomic mass is 9.93. The van der Waals surface area contributed by atoms with Crippen LogP contribution in [-0.2, 0) is 11.2 Å². The number of hydrogen-bond acceptors (Lipinski definition) is 4. The predicted octanol–water partition coefficient (Wildman–Crippen LogP) is 2.50. The number of likely N-dealkylation sites (tertiary alicyclic amines) is 1. The van der Waals surface area contributed by atoms with E-state index in [1.54, 1.807) is 17.0 Å². The second kappa shape index (κ2) is 7.83. The zero-order chi connectivity index (χ0) is 18.6. The number of amides is 1. The highest BCUT2D eigenvalue weighted by Crippen LogP contribution is 2.24. The number of benzene rings is 1. The Bertz CT molecular complexity index is 783. The number of carbonyl (C=O) groups excluding carboxylic acids is 1. The molecule has 1 amide bonds. The quantitative estimate of drug-likeness (QED) is 0.892. The van der Waals surface area contributed by atoms with Crippen LogP contribution in [0.2, 0.25) is 0 Å². The monoisotopic (exact) mass is 358 g/mol. The molecule has 5 nitrogen and oxygen atoms in total. The molecule has 6 heteroatoms. The molecule has 1 aromatic carbocycles. The van der Waals surface area contributed by atoms with E-state index in [9.17, 15) is 14.3 Å². The van der Waals surface area contributed by atoms with E-state index in [4.69, 9.17) is 4.74 Å². The Morgan fingerprint density at radius 2 is 2.15 bits per heavy atom. The number of carbonyl (C=O) groups is 1. The molecule has 0 bridgehead atoms. The van der Waals surface area contributed by atoms with Gasteiger partial charge in [-0.05, 0) is 44.0 Å². The maximum atomic E-state index is 13.2. The van der Waals surface area contributed by atoms with Gasteiger partial charge in [0.15, 0.2) is 0 Å². The highest BCUT2D eigenvalue weighted by molar-refractivity contribution is 5.78. The van der Waals surface area contributed by atoms with E-state index in [0.717, 1.165) is 11.4 Å².